The molecule has 0 radical (unpaired) electrons. The van der Waals surface area contributed by atoms with E-state index in [0.29, 0.717) is 16.1 Å². The molecule has 2 fully saturated rings. The monoisotopic (exact) mass is 426 g/mol. The lowest BCUT2D eigenvalue weighted by Gasteiger charge is -2.30. The van der Waals surface area contributed by atoms with Crippen LogP contribution in [0.25, 0.3) is 11.1 Å². The number of benzene rings is 1. The van der Waals surface area contributed by atoms with E-state index in [0.717, 1.165) is 36.0 Å². The van der Waals surface area contributed by atoms with Crippen LogP contribution in [0.4, 0.5) is 5.00 Å². The molecule has 4 rings (SSSR count). The van der Waals surface area contributed by atoms with Crippen molar-refractivity contribution in [3.8, 4) is 11.1 Å². The normalized spacial score (nSPS) is 24.6. The van der Waals surface area contributed by atoms with Gasteiger partial charge in [0.05, 0.1) is 7.11 Å². The number of hydrogen-bond acceptors (Lipinski definition) is 6. The summed E-state index contributed by atoms with van der Waals surface area (Å²) in [6.07, 6.45) is 2.43. The number of fused-ring (bicyclic) bond motifs is 2. The minimum atomic E-state index is -1.16. The number of aliphatic carboxylic acids is 1. The molecule has 2 bridgehead atoms. The minimum Gasteiger partial charge on any atom is -0.550 e. The van der Waals surface area contributed by atoms with Crippen LogP contribution in [0.1, 0.15) is 40.7 Å². The van der Waals surface area contributed by atoms with Crippen molar-refractivity contribution in [3.63, 3.8) is 0 Å². The molecule has 1 N–H and O–H groups in total. The first kappa shape index (κ1) is 20.6. The van der Waals surface area contributed by atoms with Gasteiger partial charge in [-0.3, -0.25) is 4.79 Å². The van der Waals surface area contributed by atoms with E-state index in [4.69, 9.17) is 4.74 Å². The Labute approximate surface area is 179 Å². The van der Waals surface area contributed by atoms with Crippen molar-refractivity contribution in [2.45, 2.75) is 33.1 Å². The van der Waals surface area contributed by atoms with Crippen molar-refractivity contribution in [2.24, 2.45) is 23.7 Å². The third kappa shape index (κ3) is 3.41. The lowest BCUT2D eigenvalue weighted by Crippen LogP contribution is -2.44. The Hall–Kier alpha value is -2.67. The van der Waals surface area contributed by atoms with Crippen molar-refractivity contribution >= 4 is 34.2 Å². The molecule has 2 aliphatic carbocycles. The summed E-state index contributed by atoms with van der Waals surface area (Å²) in [6, 6.07) is 5.92. The van der Waals surface area contributed by atoms with Gasteiger partial charge in [-0.1, -0.05) is 18.2 Å². The fraction of sp³-hybridized carbons (Fsp3) is 0.435. The Balaban J connectivity index is 1.67. The number of carbonyl (C=O) groups excluding carboxylic acids is 3. The summed E-state index contributed by atoms with van der Waals surface area (Å²) in [5.74, 6) is -3.36. The Morgan fingerprint density at radius 3 is 2.43 bits per heavy atom. The zero-order chi connectivity index (χ0) is 21.6. The average Bonchev–Trinajstić information content (AvgIpc) is 3.43. The van der Waals surface area contributed by atoms with Gasteiger partial charge in [0.1, 0.15) is 10.6 Å². The molecule has 1 heterocycles. The first-order valence-corrected chi connectivity index (χ1v) is 11.0. The molecule has 4 atom stereocenters. The molecule has 2 aliphatic rings. The zero-order valence-corrected chi connectivity index (χ0v) is 18.0. The van der Waals surface area contributed by atoms with Crippen LogP contribution in [0.15, 0.2) is 23.6 Å². The third-order valence-corrected chi connectivity index (χ3v) is 7.62. The first-order valence-electron chi connectivity index (χ1n) is 10.1. The SMILES string of the molecule is COC(=O)c1c(-c2ccc(C)c(C)c2)csc1NC(=O)[C@@H]1[C@@H]2CC[C@@H](C2)[C@@H]1C(=O)[O-]. The maximum Gasteiger partial charge on any atom is 0.341 e. The van der Waals surface area contributed by atoms with Gasteiger partial charge in [0.15, 0.2) is 0 Å². The van der Waals surface area contributed by atoms with Gasteiger partial charge in [0, 0.05) is 28.7 Å². The molecule has 0 spiro atoms. The number of carboxylic acids is 1. The highest BCUT2D eigenvalue weighted by Crippen LogP contribution is 2.52. The van der Waals surface area contributed by atoms with E-state index in [2.05, 4.69) is 5.32 Å². The highest BCUT2D eigenvalue weighted by molar-refractivity contribution is 7.15. The van der Waals surface area contributed by atoms with Crippen LogP contribution in [-0.2, 0) is 14.3 Å². The summed E-state index contributed by atoms with van der Waals surface area (Å²) in [5, 5.41) is 16.7. The predicted molar refractivity (Wildman–Crippen MR) is 112 cm³/mol. The third-order valence-electron chi connectivity index (χ3n) is 6.73. The molecule has 2 aromatic rings. The van der Waals surface area contributed by atoms with Crippen LogP contribution in [0.2, 0.25) is 0 Å². The van der Waals surface area contributed by atoms with Crippen LogP contribution in [0, 0.1) is 37.5 Å². The van der Waals surface area contributed by atoms with Crippen LogP contribution in [0.5, 0.6) is 0 Å². The van der Waals surface area contributed by atoms with Crippen molar-refractivity contribution < 1.29 is 24.2 Å². The number of thiophene rings is 1. The van der Waals surface area contributed by atoms with Gasteiger partial charge in [-0.05, 0) is 61.6 Å². The molecule has 1 aromatic carbocycles. The Kier molecular flexibility index (Phi) is 5.40. The molecule has 0 unspecified atom stereocenters. The minimum absolute atomic E-state index is 0.00487. The van der Waals surface area contributed by atoms with E-state index in [1.54, 1.807) is 0 Å². The Morgan fingerprint density at radius 1 is 1.10 bits per heavy atom. The number of ether oxygens (including phenoxy) is 1. The van der Waals surface area contributed by atoms with Gasteiger partial charge in [0.25, 0.3) is 0 Å². The highest BCUT2D eigenvalue weighted by atomic mass is 32.1. The van der Waals surface area contributed by atoms with E-state index >= 15 is 0 Å². The van der Waals surface area contributed by atoms with Crippen molar-refractivity contribution in [1.82, 2.24) is 0 Å². The molecule has 1 amide bonds. The maximum absolute atomic E-state index is 13.1. The number of esters is 1. The van der Waals surface area contributed by atoms with Gasteiger partial charge in [0.2, 0.25) is 5.91 Å². The summed E-state index contributed by atoms with van der Waals surface area (Å²) in [5.41, 5.74) is 4.09. The first-order chi connectivity index (χ1) is 14.3. The summed E-state index contributed by atoms with van der Waals surface area (Å²) < 4.78 is 4.98. The van der Waals surface area contributed by atoms with E-state index in [9.17, 15) is 19.5 Å². The number of methoxy groups -OCH3 is 1. The number of carboxylic acid groups (broad SMARTS) is 1. The van der Waals surface area contributed by atoms with Crippen LogP contribution in [-0.4, -0.2) is 25.0 Å². The Morgan fingerprint density at radius 2 is 1.80 bits per heavy atom. The molecule has 2 saturated carbocycles. The van der Waals surface area contributed by atoms with E-state index < -0.39 is 23.8 Å². The second-order valence-electron chi connectivity index (χ2n) is 8.34. The van der Waals surface area contributed by atoms with Crippen LogP contribution in [0.3, 0.4) is 0 Å². The molecular formula is C23H24NO5S-. The van der Waals surface area contributed by atoms with Gasteiger partial charge >= 0.3 is 5.97 Å². The molecule has 0 saturated heterocycles. The van der Waals surface area contributed by atoms with Crippen molar-refractivity contribution in [1.29, 1.82) is 0 Å². The van der Waals surface area contributed by atoms with Gasteiger partial charge in [-0.25, -0.2) is 4.79 Å². The topological polar surface area (TPSA) is 95.5 Å². The predicted octanol–water partition coefficient (Wildman–Crippen LogP) is 3.17. The van der Waals surface area contributed by atoms with E-state index in [1.807, 2.05) is 37.4 Å². The number of amides is 1. The number of aryl methyl sites for hydroxylation is 2. The van der Waals surface area contributed by atoms with E-state index in [1.165, 1.54) is 18.4 Å². The summed E-state index contributed by atoms with van der Waals surface area (Å²) in [4.78, 5) is 37.3. The molecule has 1 aromatic heterocycles. The van der Waals surface area contributed by atoms with Gasteiger partial charge < -0.3 is 20.0 Å². The second-order valence-corrected chi connectivity index (χ2v) is 9.22. The Bertz CT molecular complexity index is 1030. The quantitative estimate of drug-likeness (QED) is 0.741. The maximum atomic E-state index is 13.1. The fourth-order valence-corrected chi connectivity index (χ4v) is 6.04. The molecule has 30 heavy (non-hydrogen) atoms. The number of anilines is 1. The number of hydrogen-bond donors (Lipinski definition) is 1. The van der Waals surface area contributed by atoms with Crippen LogP contribution >= 0.6 is 11.3 Å². The summed E-state index contributed by atoms with van der Waals surface area (Å²) >= 11 is 1.25. The number of nitrogens with one attached hydrogen (secondary N) is 1. The van der Waals surface area contributed by atoms with Crippen LogP contribution < -0.4 is 10.4 Å². The largest absolute Gasteiger partial charge is 0.550 e. The van der Waals surface area contributed by atoms with Gasteiger partial charge in [-0.2, -0.15) is 0 Å². The standard InChI is InChI=1S/C23H25NO5S/c1-11-4-5-13(8-12(11)2)16-10-30-21(19(16)23(28)29-3)24-20(25)17-14-6-7-15(9-14)18(17)22(26)27/h4-5,8,10,14-15,17-18H,6-7,9H2,1-3H3,(H,24,25)(H,26,27)/p-1/t14-,15+,17-,18+/m1/s1. The number of carbonyl (C=O) groups is 3. The van der Waals surface area contributed by atoms with Crippen molar-refractivity contribution in [3.05, 3.63) is 40.3 Å². The highest BCUT2D eigenvalue weighted by Gasteiger charge is 2.51. The molecule has 0 aliphatic heterocycles. The van der Waals surface area contributed by atoms with Crippen molar-refractivity contribution in [2.75, 3.05) is 12.4 Å². The fourth-order valence-electron chi connectivity index (χ4n) is 5.08. The molecule has 6 nitrogen and oxygen atoms in total. The summed E-state index contributed by atoms with van der Waals surface area (Å²) in [7, 11) is 1.30. The average molecular weight is 427 g/mol. The zero-order valence-electron chi connectivity index (χ0n) is 17.2. The smallest absolute Gasteiger partial charge is 0.341 e. The summed E-state index contributed by atoms with van der Waals surface area (Å²) in [6.45, 7) is 4.02. The molecule has 7 heteroatoms. The second kappa shape index (κ2) is 7.87. The van der Waals surface area contributed by atoms with Gasteiger partial charge in [-0.15, -0.1) is 11.3 Å². The lowest BCUT2D eigenvalue weighted by atomic mass is 9.78. The molecular weight excluding hydrogens is 402 g/mol. The molecule has 158 valence electrons. The lowest BCUT2D eigenvalue weighted by molar-refractivity contribution is -0.314. The van der Waals surface area contributed by atoms with E-state index in [-0.39, 0.29) is 17.7 Å². The number of rotatable bonds is 5.